The van der Waals surface area contributed by atoms with Crippen molar-refractivity contribution >= 4 is 53.8 Å². The van der Waals surface area contributed by atoms with E-state index in [9.17, 15) is 0 Å². The molecule has 4 heterocycles. The molecule has 0 atom stereocenters. The zero-order valence-corrected chi connectivity index (χ0v) is 41.6. The van der Waals surface area contributed by atoms with E-state index in [1.807, 2.05) is 18.2 Å². The molecule has 14 rings (SSSR count). The fourth-order valence-electron chi connectivity index (χ4n) is 10.4. The fourth-order valence-corrected chi connectivity index (χ4v) is 14.1. The van der Waals surface area contributed by atoms with Crippen molar-refractivity contribution in [3.63, 3.8) is 0 Å². The zero-order chi connectivity index (χ0) is 48.6. The topological polar surface area (TPSA) is 22.2 Å². The van der Waals surface area contributed by atoms with Gasteiger partial charge in [0.1, 0.15) is 0 Å². The number of benzene rings is 10. The molecule has 73 heavy (non-hydrogen) atoms. The number of fused-ring (bicyclic) bond motifs is 22. The fraction of sp³-hybridized carbons (Fsp3) is 0.0149. The van der Waals surface area contributed by atoms with Gasteiger partial charge in [-0.25, -0.2) is 0 Å². The van der Waals surface area contributed by atoms with E-state index < -0.39 is 17.6 Å². The van der Waals surface area contributed by atoms with Crippen LogP contribution in [0.4, 0.5) is 45.5 Å². The molecular formula is C67H40N4OPt-2. The molecule has 6 heteroatoms. The molecule has 0 spiro atoms. The summed E-state index contributed by atoms with van der Waals surface area (Å²) >= 11 is -1.30. The molecule has 0 aliphatic carbocycles. The van der Waals surface area contributed by atoms with Gasteiger partial charge in [0.15, 0.2) is 0 Å². The molecule has 4 aliphatic heterocycles. The van der Waals surface area contributed by atoms with Crippen molar-refractivity contribution in [2.24, 2.45) is 0 Å². The minimum absolute atomic E-state index is 0.599. The first kappa shape index (κ1) is 42.6. The summed E-state index contributed by atoms with van der Waals surface area (Å²) in [5.74, 6) is 11.3. The summed E-state index contributed by atoms with van der Waals surface area (Å²) in [7, 11) is 0. The van der Waals surface area contributed by atoms with Crippen LogP contribution in [0.1, 0.15) is 22.3 Å². The van der Waals surface area contributed by atoms with E-state index in [1.165, 1.54) is 5.56 Å². The second-order valence-corrected chi connectivity index (χ2v) is 20.8. The van der Waals surface area contributed by atoms with E-state index in [1.54, 1.807) is 0 Å². The van der Waals surface area contributed by atoms with Crippen molar-refractivity contribution in [1.29, 1.82) is 0 Å². The first-order valence-corrected chi connectivity index (χ1v) is 26.4. The number of anilines is 8. The van der Waals surface area contributed by atoms with Crippen LogP contribution in [-0.2, 0) is 17.6 Å². The number of nitrogens with zero attached hydrogens (tertiary/aromatic N) is 4. The van der Waals surface area contributed by atoms with Crippen molar-refractivity contribution in [2.75, 3.05) is 19.6 Å². The van der Waals surface area contributed by atoms with E-state index in [4.69, 9.17) is 11.2 Å². The van der Waals surface area contributed by atoms with Gasteiger partial charge in [-0.1, -0.05) is 0 Å². The Hall–Kier alpha value is -9.25. The Labute approximate surface area is 433 Å². The molecule has 0 aromatic heterocycles. The van der Waals surface area contributed by atoms with Gasteiger partial charge in [0.05, 0.1) is 0 Å². The van der Waals surface area contributed by atoms with Gasteiger partial charge in [0.25, 0.3) is 0 Å². The molecule has 0 amide bonds. The molecule has 5 nitrogen and oxygen atoms in total. The third kappa shape index (κ3) is 7.17. The Balaban J connectivity index is 1.21. The van der Waals surface area contributed by atoms with Crippen LogP contribution >= 0.6 is 0 Å². The van der Waals surface area contributed by atoms with Gasteiger partial charge in [0, 0.05) is 0 Å². The average Bonchev–Trinajstić information content (AvgIpc) is 3.94. The van der Waals surface area contributed by atoms with Crippen LogP contribution in [0.5, 0.6) is 11.5 Å². The first-order chi connectivity index (χ1) is 36.0. The van der Waals surface area contributed by atoms with Crippen molar-refractivity contribution in [3.8, 4) is 80.2 Å². The quantitative estimate of drug-likeness (QED) is 0.127. The molecule has 10 aromatic carbocycles. The Morgan fingerprint density at radius 3 is 1.32 bits per heavy atom. The molecule has 0 N–H and O–H groups in total. The van der Waals surface area contributed by atoms with Crippen molar-refractivity contribution in [1.82, 2.24) is 0 Å². The maximum absolute atomic E-state index is 6.77. The summed E-state index contributed by atoms with van der Waals surface area (Å²) in [4.78, 5) is 9.94. The van der Waals surface area contributed by atoms with E-state index in [0.717, 1.165) is 115 Å². The molecule has 0 unspecified atom stereocenters. The van der Waals surface area contributed by atoms with E-state index in [2.05, 4.69) is 257 Å². The van der Waals surface area contributed by atoms with Crippen LogP contribution in [-0.4, -0.2) is 8.29 Å². The van der Waals surface area contributed by atoms with Gasteiger partial charge in [0.2, 0.25) is 0 Å². The zero-order valence-electron chi connectivity index (χ0n) is 39.4. The van der Waals surface area contributed by atoms with Crippen LogP contribution in [0, 0.1) is 43.2 Å². The Morgan fingerprint density at radius 1 is 0.425 bits per heavy atom. The predicted molar refractivity (Wildman–Crippen MR) is 295 cm³/mol. The molecule has 0 fully saturated rings. The van der Waals surface area contributed by atoms with Gasteiger partial charge in [-0.2, -0.15) is 0 Å². The van der Waals surface area contributed by atoms with E-state index >= 15 is 0 Å². The summed E-state index contributed by atoms with van der Waals surface area (Å²) in [6, 6.07) is 85.4. The minimum atomic E-state index is -1.30. The molecule has 0 radical (unpaired) electrons. The monoisotopic (exact) mass is 1110 g/mol. The number of aryl methyl sites for hydroxylation is 1. The Bertz CT molecular complexity index is 4150. The van der Waals surface area contributed by atoms with Gasteiger partial charge < -0.3 is 0 Å². The van der Waals surface area contributed by atoms with Crippen molar-refractivity contribution in [3.05, 3.63) is 253 Å². The number of ether oxygens (including phenoxy) is 1. The molecule has 10 aromatic rings. The van der Waals surface area contributed by atoms with Crippen LogP contribution in [0.2, 0.25) is 0 Å². The summed E-state index contributed by atoms with van der Waals surface area (Å²) in [6.07, 6.45) is 6.15. The molecular weight excluding hydrogens is 1070 g/mol. The molecule has 0 saturated heterocycles. The summed E-state index contributed by atoms with van der Waals surface area (Å²) < 4.78 is 8.98. The van der Waals surface area contributed by atoms with Crippen LogP contribution in [0.15, 0.2) is 218 Å². The standard InChI is InChI=1S/C67H40N4O.Pt/c1-3-47-17-9-21-51(39-47)59-29-15-31-61-53-23-11-19-49(41-53)37-36-48-18-10-22-52(40-48)60-30-14-28-58(50-20-8-16-46(2)38-50)66(60)70-44-68(62-32-4-6-34-64(62)70)54-24-12-26-56(42-54)72-57-27-13-25-55(43-57)69-45-71(67(59)61)65-35-7-5-33-63(65)69;/h1,4-35,38-41H,2H3;/q-2;. The Morgan fingerprint density at radius 2 is 0.836 bits per heavy atom. The number of hydrogen-bond acceptors (Lipinski definition) is 5. The number of rotatable bonds is 2. The SMILES string of the molecule is C#Cc1cccc(-c2cccc3c2N2[C]4=[Pt]=[C]5N(c6[c-]c(ccc6)Oc6[c-]c(ccc6)N4c4ccccc42)c2ccccc2N5c2c(-c4cccc(C)c4)cccc2-c2cccc(c2)C#Cc2cccc-3c2)c1. The van der Waals surface area contributed by atoms with Crippen LogP contribution in [0.25, 0.3) is 44.5 Å². The number of para-hydroxylation sites is 6. The van der Waals surface area contributed by atoms with Gasteiger partial charge in [-0.05, 0) is 0 Å². The summed E-state index contributed by atoms with van der Waals surface area (Å²) in [5, 5.41) is 0. The van der Waals surface area contributed by atoms with Gasteiger partial charge in [-0.15, -0.1) is 0 Å². The van der Waals surface area contributed by atoms with Crippen molar-refractivity contribution in [2.45, 2.75) is 6.92 Å². The molecule has 10 bridgehead atoms. The second-order valence-electron chi connectivity index (χ2n) is 18.2. The predicted octanol–water partition coefficient (Wildman–Crippen LogP) is 15.6. The second kappa shape index (κ2) is 17.3. The molecule has 346 valence electrons. The maximum atomic E-state index is 6.77. The third-order valence-electron chi connectivity index (χ3n) is 13.6. The molecule has 0 saturated carbocycles. The average molecular weight is 1110 g/mol. The summed E-state index contributed by atoms with van der Waals surface area (Å²) in [5.41, 5.74) is 20.4. The van der Waals surface area contributed by atoms with Gasteiger partial charge >= 0.3 is 436 Å². The third-order valence-corrected chi connectivity index (χ3v) is 16.7. The number of terminal acetylenes is 1. The normalized spacial score (nSPS) is 13.5. The summed E-state index contributed by atoms with van der Waals surface area (Å²) in [6.45, 7) is 2.17. The Kier molecular flexibility index (Phi) is 10.1. The van der Waals surface area contributed by atoms with Crippen LogP contribution in [0.3, 0.4) is 0 Å². The molecule has 4 aliphatic rings. The van der Waals surface area contributed by atoms with E-state index in [0.29, 0.717) is 11.5 Å². The van der Waals surface area contributed by atoms with Crippen LogP contribution < -0.4 is 24.3 Å². The number of hydrogen-bond donors (Lipinski definition) is 0. The van der Waals surface area contributed by atoms with Gasteiger partial charge in [-0.3, -0.25) is 0 Å². The van der Waals surface area contributed by atoms with Crippen molar-refractivity contribution < 1.29 is 22.4 Å². The first-order valence-electron chi connectivity index (χ1n) is 24.1. The van der Waals surface area contributed by atoms with E-state index in [-0.39, 0.29) is 0 Å².